The van der Waals surface area contributed by atoms with Crippen molar-refractivity contribution in [3.05, 3.63) is 60.2 Å². The number of alkyl halides is 3. The molecule has 1 N–H and O–H groups in total. The van der Waals surface area contributed by atoms with Gasteiger partial charge >= 0.3 is 6.36 Å². The van der Waals surface area contributed by atoms with E-state index in [1.165, 1.54) is 18.2 Å². The minimum absolute atomic E-state index is 0.0178. The van der Waals surface area contributed by atoms with Crippen LogP contribution in [0, 0.1) is 0 Å². The van der Waals surface area contributed by atoms with Gasteiger partial charge in [-0.25, -0.2) is 0 Å². The fourth-order valence-electron chi connectivity index (χ4n) is 1.76. The first kappa shape index (κ1) is 14.9. The van der Waals surface area contributed by atoms with E-state index in [0.29, 0.717) is 0 Å². The zero-order valence-electron chi connectivity index (χ0n) is 10.9. The van der Waals surface area contributed by atoms with Crippen LogP contribution < -0.4 is 10.1 Å². The lowest BCUT2D eigenvalue weighted by Crippen LogP contribution is -2.20. The fraction of sp³-hybridized carbons (Fsp3) is 0.133. The predicted molar refractivity (Wildman–Crippen MR) is 71.9 cm³/mol. The Morgan fingerprint density at radius 2 is 1.62 bits per heavy atom. The third-order valence-electron chi connectivity index (χ3n) is 2.59. The van der Waals surface area contributed by atoms with Crippen molar-refractivity contribution < 1.29 is 22.7 Å². The van der Waals surface area contributed by atoms with Crippen molar-refractivity contribution >= 4 is 11.6 Å². The molecule has 2 rings (SSSR count). The summed E-state index contributed by atoms with van der Waals surface area (Å²) in [6.07, 6.45) is -4.73. The first-order valence-electron chi connectivity index (χ1n) is 6.12. The van der Waals surface area contributed by atoms with E-state index in [0.717, 1.165) is 11.6 Å². The Bertz CT molecular complexity index is 612. The zero-order valence-corrected chi connectivity index (χ0v) is 10.9. The summed E-state index contributed by atoms with van der Waals surface area (Å²) in [6, 6.07) is 14.3. The summed E-state index contributed by atoms with van der Waals surface area (Å²) in [5.41, 5.74) is 0.750. The second-order valence-corrected chi connectivity index (χ2v) is 4.25. The van der Waals surface area contributed by atoms with Crippen LogP contribution in [-0.2, 0) is 11.2 Å². The highest BCUT2D eigenvalue weighted by Gasteiger charge is 2.32. The second-order valence-electron chi connectivity index (χ2n) is 4.25. The molecule has 0 atom stereocenters. The standard InChI is InChI=1S/C15H12F3NO2/c16-15(17,18)21-13-9-5-4-8-12(13)19-14(20)10-11-6-2-1-3-7-11/h1-9H,10H2,(H,19,20). The van der Waals surface area contributed by atoms with Crippen molar-refractivity contribution in [3.63, 3.8) is 0 Å². The summed E-state index contributed by atoms with van der Waals surface area (Å²) in [7, 11) is 0. The largest absolute Gasteiger partial charge is 0.573 e. The molecule has 0 spiro atoms. The van der Waals surface area contributed by atoms with Gasteiger partial charge in [0, 0.05) is 0 Å². The number of rotatable bonds is 4. The number of amides is 1. The van der Waals surface area contributed by atoms with Gasteiger partial charge in [-0.3, -0.25) is 4.79 Å². The average Bonchev–Trinajstić information content (AvgIpc) is 2.40. The number of nitrogens with one attached hydrogen (secondary N) is 1. The van der Waals surface area contributed by atoms with Gasteiger partial charge in [0.25, 0.3) is 0 Å². The minimum Gasteiger partial charge on any atom is -0.404 e. The molecule has 0 aliphatic rings. The number of hydrogen-bond acceptors (Lipinski definition) is 2. The van der Waals surface area contributed by atoms with Gasteiger partial charge < -0.3 is 10.1 Å². The summed E-state index contributed by atoms with van der Waals surface area (Å²) in [4.78, 5) is 11.9. The maximum Gasteiger partial charge on any atom is 0.573 e. The molecule has 110 valence electrons. The fourth-order valence-corrected chi connectivity index (χ4v) is 1.76. The van der Waals surface area contributed by atoms with E-state index in [-0.39, 0.29) is 12.1 Å². The summed E-state index contributed by atoms with van der Waals surface area (Å²) < 4.78 is 40.7. The molecule has 2 aromatic rings. The number of ether oxygens (including phenoxy) is 1. The van der Waals surface area contributed by atoms with Gasteiger partial charge in [0.1, 0.15) is 0 Å². The maximum atomic E-state index is 12.3. The Labute approximate surface area is 119 Å². The molecular weight excluding hydrogens is 283 g/mol. The predicted octanol–water partition coefficient (Wildman–Crippen LogP) is 3.77. The highest BCUT2D eigenvalue weighted by Crippen LogP contribution is 2.29. The SMILES string of the molecule is O=C(Cc1ccccc1)Nc1ccccc1OC(F)(F)F. The molecule has 0 saturated heterocycles. The average molecular weight is 295 g/mol. The molecular formula is C15H12F3NO2. The van der Waals surface area contributed by atoms with E-state index < -0.39 is 18.0 Å². The summed E-state index contributed by atoms with van der Waals surface area (Å²) in [5, 5.41) is 2.42. The van der Waals surface area contributed by atoms with Crippen LogP contribution >= 0.6 is 0 Å². The number of anilines is 1. The van der Waals surface area contributed by atoms with Gasteiger partial charge in [0.15, 0.2) is 5.75 Å². The molecule has 0 unspecified atom stereocenters. The molecule has 0 aliphatic carbocycles. The van der Waals surface area contributed by atoms with Crippen LogP contribution in [0.3, 0.4) is 0 Å². The van der Waals surface area contributed by atoms with Crippen molar-refractivity contribution in [1.29, 1.82) is 0 Å². The Morgan fingerprint density at radius 3 is 2.29 bits per heavy atom. The topological polar surface area (TPSA) is 38.3 Å². The van der Waals surface area contributed by atoms with Crippen molar-refractivity contribution in [3.8, 4) is 5.75 Å². The van der Waals surface area contributed by atoms with Gasteiger partial charge in [0.2, 0.25) is 5.91 Å². The molecule has 0 heterocycles. The van der Waals surface area contributed by atoms with Crippen LogP contribution in [0.1, 0.15) is 5.56 Å². The molecule has 21 heavy (non-hydrogen) atoms. The second kappa shape index (κ2) is 6.30. The third kappa shape index (κ3) is 4.83. The Hall–Kier alpha value is -2.50. The Balaban J connectivity index is 2.07. The number of hydrogen-bond donors (Lipinski definition) is 1. The van der Waals surface area contributed by atoms with Crippen LogP contribution in [0.25, 0.3) is 0 Å². The number of halogens is 3. The van der Waals surface area contributed by atoms with Gasteiger partial charge in [-0.2, -0.15) is 0 Å². The molecule has 0 fully saturated rings. The monoisotopic (exact) mass is 295 g/mol. The summed E-state index contributed by atoms with van der Waals surface area (Å²) in [5.74, 6) is -0.856. The van der Waals surface area contributed by atoms with Crippen molar-refractivity contribution in [1.82, 2.24) is 0 Å². The molecule has 6 heteroatoms. The minimum atomic E-state index is -4.81. The van der Waals surface area contributed by atoms with Crippen LogP contribution in [0.15, 0.2) is 54.6 Å². The van der Waals surface area contributed by atoms with Crippen molar-refractivity contribution in [2.45, 2.75) is 12.8 Å². The van der Waals surface area contributed by atoms with Crippen LogP contribution in [-0.4, -0.2) is 12.3 Å². The number of para-hydroxylation sites is 2. The van der Waals surface area contributed by atoms with Gasteiger partial charge in [-0.15, -0.1) is 13.2 Å². The lowest BCUT2D eigenvalue weighted by molar-refractivity contribution is -0.274. The highest BCUT2D eigenvalue weighted by atomic mass is 19.4. The highest BCUT2D eigenvalue weighted by molar-refractivity contribution is 5.93. The molecule has 0 radical (unpaired) electrons. The van der Waals surface area contributed by atoms with Gasteiger partial charge in [-0.1, -0.05) is 42.5 Å². The van der Waals surface area contributed by atoms with Crippen LogP contribution in [0.2, 0.25) is 0 Å². The molecule has 3 nitrogen and oxygen atoms in total. The number of carbonyl (C=O) groups is 1. The molecule has 0 saturated carbocycles. The van der Waals surface area contributed by atoms with Crippen LogP contribution in [0.4, 0.5) is 18.9 Å². The van der Waals surface area contributed by atoms with E-state index >= 15 is 0 Å². The van der Waals surface area contributed by atoms with E-state index in [2.05, 4.69) is 10.1 Å². The van der Waals surface area contributed by atoms with E-state index in [9.17, 15) is 18.0 Å². The van der Waals surface area contributed by atoms with E-state index in [1.807, 2.05) is 6.07 Å². The maximum absolute atomic E-state index is 12.3. The smallest absolute Gasteiger partial charge is 0.404 e. The first-order valence-corrected chi connectivity index (χ1v) is 6.12. The molecule has 0 aromatic heterocycles. The van der Waals surface area contributed by atoms with Crippen molar-refractivity contribution in [2.75, 3.05) is 5.32 Å². The molecule has 2 aromatic carbocycles. The number of benzene rings is 2. The summed E-state index contributed by atoms with van der Waals surface area (Å²) >= 11 is 0. The Kier molecular flexibility index (Phi) is 4.47. The molecule has 0 aliphatic heterocycles. The van der Waals surface area contributed by atoms with Crippen LogP contribution in [0.5, 0.6) is 5.75 Å². The van der Waals surface area contributed by atoms with Gasteiger partial charge in [-0.05, 0) is 17.7 Å². The lowest BCUT2D eigenvalue weighted by Gasteiger charge is -2.13. The quantitative estimate of drug-likeness (QED) is 0.932. The van der Waals surface area contributed by atoms with Gasteiger partial charge in [0.05, 0.1) is 12.1 Å². The Morgan fingerprint density at radius 1 is 1.00 bits per heavy atom. The summed E-state index contributed by atoms with van der Waals surface area (Å²) in [6.45, 7) is 0. The zero-order chi connectivity index (χ0) is 15.3. The number of carbonyl (C=O) groups excluding carboxylic acids is 1. The molecule has 0 bridgehead atoms. The third-order valence-corrected chi connectivity index (χ3v) is 2.59. The lowest BCUT2D eigenvalue weighted by atomic mass is 10.1. The van der Waals surface area contributed by atoms with E-state index in [4.69, 9.17) is 0 Å². The van der Waals surface area contributed by atoms with Crippen molar-refractivity contribution in [2.24, 2.45) is 0 Å². The van der Waals surface area contributed by atoms with E-state index in [1.54, 1.807) is 24.3 Å². The molecule has 1 amide bonds. The normalized spacial score (nSPS) is 11.0. The first-order chi connectivity index (χ1) is 9.94.